The molecule has 0 saturated heterocycles. The summed E-state index contributed by atoms with van der Waals surface area (Å²) in [6.07, 6.45) is 16.1. The Morgan fingerprint density at radius 2 is 1.77 bits per heavy atom. The van der Waals surface area contributed by atoms with Crippen molar-refractivity contribution in [1.82, 2.24) is 0 Å². The Morgan fingerprint density at radius 3 is 2.42 bits per heavy atom. The molecule has 0 bridgehead atoms. The Balaban J connectivity index is 1.77. The van der Waals surface area contributed by atoms with E-state index in [1.54, 1.807) is 13.2 Å². The Bertz CT molecular complexity index is 915. The van der Waals surface area contributed by atoms with E-state index in [0.717, 1.165) is 62.9 Å². The fourth-order valence-corrected chi connectivity index (χ4v) is 6.37. The number of ketones is 1. The summed E-state index contributed by atoms with van der Waals surface area (Å²) < 4.78 is 17.7. The molecule has 1 aromatic rings. The molecule has 1 aromatic carbocycles. The number of carbonyl (C=O) groups excluding carboxylic acids is 1. The van der Waals surface area contributed by atoms with Gasteiger partial charge in [-0.3, -0.25) is 4.79 Å². The maximum absolute atomic E-state index is 12.8. The zero-order valence-corrected chi connectivity index (χ0v) is 27.3. The highest BCUT2D eigenvalue weighted by Gasteiger charge is 2.41. The van der Waals surface area contributed by atoms with Crippen molar-refractivity contribution < 1.29 is 23.8 Å². The van der Waals surface area contributed by atoms with E-state index < -0.39 is 14.4 Å². The van der Waals surface area contributed by atoms with Crippen molar-refractivity contribution in [3.05, 3.63) is 54.1 Å². The number of ether oxygens (including phenoxy) is 2. The minimum atomic E-state index is -1.97. The molecule has 0 amide bonds. The quantitative estimate of drug-likeness (QED) is 0.102. The van der Waals surface area contributed by atoms with Gasteiger partial charge < -0.3 is 19.0 Å². The number of aliphatic hydroxyl groups excluding tert-OH is 1. The molecule has 6 heteroatoms. The molecular formula is C34H56O5Si. The maximum Gasteiger partial charge on any atom is 0.192 e. The molecule has 226 valence electrons. The molecule has 0 spiro atoms. The van der Waals surface area contributed by atoms with Crippen LogP contribution in [0.4, 0.5) is 0 Å². The first kappa shape index (κ1) is 34.5. The molecule has 40 heavy (non-hydrogen) atoms. The van der Waals surface area contributed by atoms with Gasteiger partial charge in [-0.05, 0) is 86.3 Å². The lowest BCUT2D eigenvalue weighted by atomic mass is 9.84. The van der Waals surface area contributed by atoms with Crippen molar-refractivity contribution in [3.63, 3.8) is 0 Å². The SMILES string of the molecule is CCCCC[C@@H](CC(O)[C@H]1C(=O)C=C[C@@H]1C/C=C\CCCCOCc1ccc(OC)cc1)O[Si](C)(C)C(C)(C)C. The van der Waals surface area contributed by atoms with Gasteiger partial charge in [-0.2, -0.15) is 0 Å². The summed E-state index contributed by atoms with van der Waals surface area (Å²) in [4.78, 5) is 12.8. The van der Waals surface area contributed by atoms with Crippen molar-refractivity contribution in [1.29, 1.82) is 0 Å². The van der Waals surface area contributed by atoms with Gasteiger partial charge in [0.2, 0.25) is 0 Å². The smallest absolute Gasteiger partial charge is 0.192 e. The third-order valence-corrected chi connectivity index (χ3v) is 13.1. The zero-order chi connectivity index (χ0) is 29.6. The highest BCUT2D eigenvalue weighted by molar-refractivity contribution is 6.74. The van der Waals surface area contributed by atoms with Gasteiger partial charge in [-0.25, -0.2) is 0 Å². The van der Waals surface area contributed by atoms with Gasteiger partial charge in [0.15, 0.2) is 14.1 Å². The number of aliphatic hydroxyl groups is 1. The fourth-order valence-electron chi connectivity index (χ4n) is 4.97. The van der Waals surface area contributed by atoms with Crippen molar-refractivity contribution in [2.45, 2.75) is 122 Å². The third-order valence-electron chi connectivity index (χ3n) is 8.53. The molecule has 2 rings (SSSR count). The van der Waals surface area contributed by atoms with E-state index in [1.807, 2.05) is 30.3 Å². The average molecular weight is 573 g/mol. The lowest BCUT2D eigenvalue weighted by Gasteiger charge is -2.40. The Labute approximate surface area is 245 Å². The molecule has 0 aliphatic heterocycles. The van der Waals surface area contributed by atoms with Gasteiger partial charge in [0.1, 0.15) is 5.75 Å². The highest BCUT2D eigenvalue weighted by atomic mass is 28.4. The van der Waals surface area contributed by atoms with Crippen LogP contribution < -0.4 is 4.74 Å². The van der Waals surface area contributed by atoms with Crippen LogP contribution in [0.1, 0.15) is 91.0 Å². The van der Waals surface area contributed by atoms with Crippen molar-refractivity contribution in [2.24, 2.45) is 11.8 Å². The monoisotopic (exact) mass is 572 g/mol. The minimum Gasteiger partial charge on any atom is -0.497 e. The standard InChI is InChI=1S/C34H56O5Si/c1-8-9-13-17-30(39-40(6,7)34(2,3)4)25-32(36)33-28(20-23-31(33)35)16-14-11-10-12-15-24-38-26-27-18-21-29(37-5)22-19-27/h11,14,18-23,28,30,32-33,36H,8-10,12-13,15-17,24-26H2,1-7H3/b14-11-/t28-,30-,32?,33+/m0/s1. The van der Waals surface area contributed by atoms with Gasteiger partial charge >= 0.3 is 0 Å². The number of allylic oxidation sites excluding steroid dienone is 4. The maximum atomic E-state index is 12.8. The van der Waals surface area contributed by atoms with E-state index in [4.69, 9.17) is 13.9 Å². The highest BCUT2D eigenvalue weighted by Crippen LogP contribution is 2.39. The Morgan fingerprint density at radius 1 is 1.05 bits per heavy atom. The fraction of sp³-hybridized carbons (Fsp3) is 0.676. The lowest BCUT2D eigenvalue weighted by molar-refractivity contribution is -0.122. The van der Waals surface area contributed by atoms with Crippen LogP contribution in [0.5, 0.6) is 5.75 Å². The number of unbranched alkanes of at least 4 members (excludes halogenated alkanes) is 4. The normalized spacial score (nSPS) is 19.4. The second kappa shape index (κ2) is 17.3. The van der Waals surface area contributed by atoms with Crippen LogP contribution in [0, 0.1) is 11.8 Å². The molecule has 5 nitrogen and oxygen atoms in total. The van der Waals surface area contributed by atoms with Crippen LogP contribution >= 0.6 is 0 Å². The van der Waals surface area contributed by atoms with Crippen LogP contribution in [-0.4, -0.2) is 45.1 Å². The van der Waals surface area contributed by atoms with E-state index >= 15 is 0 Å². The molecule has 1 aliphatic carbocycles. The summed E-state index contributed by atoms with van der Waals surface area (Å²) in [6, 6.07) is 7.97. The van der Waals surface area contributed by atoms with Gasteiger partial charge in [0.25, 0.3) is 0 Å². The second-order valence-corrected chi connectivity index (χ2v) is 17.6. The van der Waals surface area contributed by atoms with Gasteiger partial charge in [-0.1, -0.05) is 77.3 Å². The third kappa shape index (κ3) is 11.6. The van der Waals surface area contributed by atoms with Gasteiger partial charge in [-0.15, -0.1) is 0 Å². The summed E-state index contributed by atoms with van der Waals surface area (Å²) in [5.74, 6) is 0.596. The first-order valence-electron chi connectivity index (χ1n) is 15.4. The molecule has 0 aromatic heterocycles. The van der Waals surface area contributed by atoms with Crippen molar-refractivity contribution in [2.75, 3.05) is 13.7 Å². The predicted molar refractivity (Wildman–Crippen MR) is 168 cm³/mol. The van der Waals surface area contributed by atoms with Crippen molar-refractivity contribution >= 4 is 14.1 Å². The number of methoxy groups -OCH3 is 1. The lowest BCUT2D eigenvalue weighted by Crippen LogP contribution is -2.45. The molecule has 1 unspecified atom stereocenters. The number of carbonyl (C=O) groups is 1. The summed E-state index contributed by atoms with van der Waals surface area (Å²) in [5, 5.41) is 11.4. The van der Waals surface area contributed by atoms with E-state index in [1.165, 1.54) is 6.42 Å². The number of rotatable bonds is 19. The zero-order valence-electron chi connectivity index (χ0n) is 26.3. The summed E-state index contributed by atoms with van der Waals surface area (Å²) in [6.45, 7) is 14.9. The summed E-state index contributed by atoms with van der Waals surface area (Å²) >= 11 is 0. The first-order chi connectivity index (χ1) is 19.0. The van der Waals surface area contributed by atoms with E-state index in [9.17, 15) is 9.90 Å². The van der Waals surface area contributed by atoms with E-state index in [0.29, 0.717) is 13.0 Å². The molecular weight excluding hydrogens is 516 g/mol. The Hall–Kier alpha value is -1.73. The molecule has 0 heterocycles. The topological polar surface area (TPSA) is 65.0 Å². The van der Waals surface area contributed by atoms with Crippen LogP contribution in [0.15, 0.2) is 48.6 Å². The molecule has 1 N–H and O–H groups in total. The molecule has 1 aliphatic rings. The van der Waals surface area contributed by atoms with Crippen LogP contribution in [0.2, 0.25) is 18.1 Å². The molecule has 0 radical (unpaired) electrons. The van der Waals surface area contributed by atoms with Crippen LogP contribution in [0.25, 0.3) is 0 Å². The van der Waals surface area contributed by atoms with Crippen molar-refractivity contribution in [3.8, 4) is 5.75 Å². The van der Waals surface area contributed by atoms with Gasteiger partial charge in [0, 0.05) is 12.7 Å². The summed E-state index contributed by atoms with van der Waals surface area (Å²) in [7, 11) is -0.299. The number of benzene rings is 1. The average Bonchev–Trinajstić information content (AvgIpc) is 3.27. The number of hydrogen-bond acceptors (Lipinski definition) is 5. The molecule has 0 saturated carbocycles. The Kier molecular flexibility index (Phi) is 14.9. The van der Waals surface area contributed by atoms with E-state index in [2.05, 4.69) is 52.9 Å². The van der Waals surface area contributed by atoms with Gasteiger partial charge in [0.05, 0.1) is 25.7 Å². The van der Waals surface area contributed by atoms with Crippen LogP contribution in [-0.2, 0) is 20.6 Å². The van der Waals surface area contributed by atoms with E-state index in [-0.39, 0.29) is 28.8 Å². The summed E-state index contributed by atoms with van der Waals surface area (Å²) in [5.41, 5.74) is 1.15. The molecule has 4 atom stereocenters. The predicted octanol–water partition coefficient (Wildman–Crippen LogP) is 8.42. The number of hydrogen-bond donors (Lipinski definition) is 1. The molecule has 0 fully saturated rings. The second-order valence-electron chi connectivity index (χ2n) is 12.9. The van der Waals surface area contributed by atoms with Crippen LogP contribution in [0.3, 0.4) is 0 Å². The largest absolute Gasteiger partial charge is 0.497 e. The minimum absolute atomic E-state index is 0.000951. The first-order valence-corrected chi connectivity index (χ1v) is 18.3.